The van der Waals surface area contributed by atoms with E-state index in [-0.39, 0.29) is 0 Å². The van der Waals surface area contributed by atoms with E-state index in [0.29, 0.717) is 32.4 Å². The Bertz CT molecular complexity index is 1280. The van der Waals surface area contributed by atoms with Gasteiger partial charge in [-0.25, -0.2) is 9.78 Å². The van der Waals surface area contributed by atoms with Crippen LogP contribution in [0.2, 0.25) is 5.02 Å². The van der Waals surface area contributed by atoms with Crippen LogP contribution >= 0.6 is 22.9 Å². The van der Waals surface area contributed by atoms with Gasteiger partial charge in [0.05, 0.1) is 16.8 Å². The number of nitriles is 1. The molecule has 0 aliphatic rings. The fourth-order valence-electron chi connectivity index (χ4n) is 2.67. The molecule has 130 valence electrons. The molecule has 0 aliphatic heterocycles. The van der Waals surface area contributed by atoms with Crippen molar-refractivity contribution in [1.82, 2.24) is 4.98 Å². The summed E-state index contributed by atoms with van der Waals surface area (Å²) in [6.45, 7) is 0. The number of allylic oxidation sites excluding steroid dienone is 1. The van der Waals surface area contributed by atoms with Crippen molar-refractivity contribution in [2.75, 3.05) is 0 Å². The highest BCUT2D eigenvalue weighted by Crippen LogP contribution is 2.27. The number of hydrogen-bond acceptors (Lipinski definition) is 5. The van der Waals surface area contributed by atoms with Gasteiger partial charge in [-0.1, -0.05) is 41.9 Å². The van der Waals surface area contributed by atoms with Crippen molar-refractivity contribution in [3.63, 3.8) is 0 Å². The average molecular weight is 391 g/mol. The highest BCUT2D eigenvalue weighted by molar-refractivity contribution is 7.11. The fourth-order valence-corrected chi connectivity index (χ4v) is 3.65. The van der Waals surface area contributed by atoms with Crippen LogP contribution in [0.25, 0.3) is 33.9 Å². The molecule has 2 heterocycles. The minimum absolute atomic E-state index is 0.372. The molecule has 2 aromatic carbocycles. The quantitative estimate of drug-likeness (QED) is 0.335. The van der Waals surface area contributed by atoms with Gasteiger partial charge in [-0.05, 0) is 35.9 Å². The van der Waals surface area contributed by atoms with Crippen LogP contribution in [0, 0.1) is 11.3 Å². The van der Waals surface area contributed by atoms with Gasteiger partial charge in [0.1, 0.15) is 16.7 Å². The molecule has 6 heteroatoms. The number of nitrogens with zero attached hydrogens (tertiary/aromatic N) is 2. The van der Waals surface area contributed by atoms with Crippen molar-refractivity contribution in [3.05, 3.63) is 86.0 Å². The molecule has 0 saturated carbocycles. The first-order chi connectivity index (χ1) is 13.1. The average Bonchev–Trinajstić information content (AvgIpc) is 3.15. The molecule has 27 heavy (non-hydrogen) atoms. The molecule has 4 rings (SSSR count). The van der Waals surface area contributed by atoms with Gasteiger partial charge in [0.15, 0.2) is 0 Å². The van der Waals surface area contributed by atoms with E-state index in [1.165, 1.54) is 11.3 Å². The number of fused-ring (bicyclic) bond motifs is 1. The van der Waals surface area contributed by atoms with Gasteiger partial charge in [0.2, 0.25) is 0 Å². The van der Waals surface area contributed by atoms with Gasteiger partial charge in [-0.3, -0.25) is 0 Å². The molecular weight excluding hydrogens is 380 g/mol. The number of para-hydroxylation sites is 1. The summed E-state index contributed by atoms with van der Waals surface area (Å²) in [6, 6.07) is 18.4. The van der Waals surface area contributed by atoms with Crippen LogP contribution in [-0.2, 0) is 0 Å². The van der Waals surface area contributed by atoms with E-state index in [9.17, 15) is 10.1 Å². The standard InChI is InChI=1S/C21H11ClN2O2S/c22-16-6-3-4-13(9-16)8-15(11-23)20-24-18(12-27-20)17-10-14-5-1-2-7-19(14)26-21(17)25/h1-10,12H/b15-8+. The summed E-state index contributed by atoms with van der Waals surface area (Å²) in [5.41, 5.74) is 2.14. The molecular formula is C21H11ClN2O2S. The summed E-state index contributed by atoms with van der Waals surface area (Å²) in [6.07, 6.45) is 1.72. The molecule has 4 aromatic rings. The van der Waals surface area contributed by atoms with E-state index in [1.807, 2.05) is 30.3 Å². The van der Waals surface area contributed by atoms with Crippen LogP contribution < -0.4 is 5.63 Å². The number of halogens is 1. The van der Waals surface area contributed by atoms with Crippen molar-refractivity contribution in [2.24, 2.45) is 0 Å². The zero-order valence-electron chi connectivity index (χ0n) is 13.8. The van der Waals surface area contributed by atoms with E-state index in [4.69, 9.17) is 16.0 Å². The van der Waals surface area contributed by atoms with Gasteiger partial charge in [-0.2, -0.15) is 5.26 Å². The van der Waals surface area contributed by atoms with E-state index in [1.54, 1.807) is 35.7 Å². The molecule has 0 bridgehead atoms. The van der Waals surface area contributed by atoms with E-state index >= 15 is 0 Å². The summed E-state index contributed by atoms with van der Waals surface area (Å²) in [5.74, 6) is 0. The zero-order valence-corrected chi connectivity index (χ0v) is 15.4. The summed E-state index contributed by atoms with van der Waals surface area (Å²) >= 11 is 7.30. The molecule has 0 amide bonds. The third-order valence-electron chi connectivity index (χ3n) is 3.93. The number of rotatable bonds is 3. The Morgan fingerprint density at radius 1 is 1.19 bits per heavy atom. The Balaban J connectivity index is 1.76. The van der Waals surface area contributed by atoms with E-state index in [2.05, 4.69) is 11.1 Å². The van der Waals surface area contributed by atoms with Gasteiger partial charge >= 0.3 is 5.63 Å². The van der Waals surface area contributed by atoms with Crippen molar-refractivity contribution < 1.29 is 4.42 Å². The summed E-state index contributed by atoms with van der Waals surface area (Å²) < 4.78 is 5.37. The third kappa shape index (κ3) is 3.54. The van der Waals surface area contributed by atoms with Crippen LogP contribution in [0.5, 0.6) is 0 Å². The summed E-state index contributed by atoms with van der Waals surface area (Å²) in [7, 11) is 0. The third-order valence-corrected chi connectivity index (χ3v) is 5.04. The maximum atomic E-state index is 12.3. The molecule has 0 radical (unpaired) electrons. The van der Waals surface area contributed by atoms with Crippen LogP contribution in [0.4, 0.5) is 0 Å². The molecule has 0 atom stereocenters. The Hall–Kier alpha value is -3.20. The van der Waals surface area contributed by atoms with Gasteiger partial charge < -0.3 is 4.42 Å². The Kier molecular flexibility index (Phi) is 4.59. The molecule has 0 unspecified atom stereocenters. The highest BCUT2D eigenvalue weighted by Gasteiger charge is 2.13. The van der Waals surface area contributed by atoms with Crippen LogP contribution in [-0.4, -0.2) is 4.98 Å². The Morgan fingerprint density at radius 2 is 2.04 bits per heavy atom. The second-order valence-electron chi connectivity index (χ2n) is 5.75. The minimum Gasteiger partial charge on any atom is -0.422 e. The monoisotopic (exact) mass is 390 g/mol. The number of hydrogen-bond donors (Lipinski definition) is 0. The maximum Gasteiger partial charge on any atom is 0.345 e. The lowest BCUT2D eigenvalue weighted by atomic mass is 10.1. The maximum absolute atomic E-state index is 12.3. The van der Waals surface area contributed by atoms with E-state index in [0.717, 1.165) is 10.9 Å². The lowest BCUT2D eigenvalue weighted by Crippen LogP contribution is -2.02. The van der Waals surface area contributed by atoms with Gasteiger partial charge in [0, 0.05) is 15.8 Å². The summed E-state index contributed by atoms with van der Waals surface area (Å²) in [5, 5.41) is 13.2. The first-order valence-corrected chi connectivity index (χ1v) is 9.26. The molecule has 0 N–H and O–H groups in total. The SMILES string of the molecule is N#C/C(=C\c1cccc(Cl)c1)c1nc(-c2cc3ccccc3oc2=O)cs1. The molecule has 2 aromatic heterocycles. The largest absolute Gasteiger partial charge is 0.422 e. The Labute approximate surface area is 163 Å². The first-order valence-electron chi connectivity index (χ1n) is 8.00. The minimum atomic E-state index is -0.456. The number of benzene rings is 2. The van der Waals surface area contributed by atoms with Crippen LogP contribution in [0.15, 0.2) is 69.2 Å². The van der Waals surface area contributed by atoms with Gasteiger partial charge in [-0.15, -0.1) is 11.3 Å². The second kappa shape index (κ2) is 7.20. The summed E-state index contributed by atoms with van der Waals surface area (Å²) in [4.78, 5) is 16.8. The van der Waals surface area contributed by atoms with Crippen LogP contribution in [0.3, 0.4) is 0 Å². The van der Waals surface area contributed by atoms with Crippen LogP contribution in [0.1, 0.15) is 10.6 Å². The normalized spacial score (nSPS) is 11.5. The van der Waals surface area contributed by atoms with Crippen molar-refractivity contribution >= 4 is 45.6 Å². The zero-order chi connectivity index (χ0) is 18.8. The van der Waals surface area contributed by atoms with Gasteiger partial charge in [0.25, 0.3) is 0 Å². The molecule has 0 fully saturated rings. The molecule has 0 saturated heterocycles. The molecule has 0 spiro atoms. The highest BCUT2D eigenvalue weighted by atomic mass is 35.5. The first kappa shape index (κ1) is 17.2. The lowest BCUT2D eigenvalue weighted by molar-refractivity contribution is 0.563. The predicted molar refractivity (Wildman–Crippen MR) is 109 cm³/mol. The van der Waals surface area contributed by atoms with Crippen molar-refractivity contribution in [1.29, 1.82) is 5.26 Å². The second-order valence-corrected chi connectivity index (χ2v) is 7.04. The van der Waals surface area contributed by atoms with Crippen molar-refractivity contribution in [2.45, 2.75) is 0 Å². The lowest BCUT2D eigenvalue weighted by Gasteiger charge is -1.99. The molecule has 0 aliphatic carbocycles. The molecule has 4 nitrogen and oxygen atoms in total. The fraction of sp³-hybridized carbons (Fsp3) is 0. The van der Waals surface area contributed by atoms with Crippen molar-refractivity contribution in [3.8, 4) is 17.3 Å². The smallest absolute Gasteiger partial charge is 0.345 e. The predicted octanol–water partition coefficient (Wildman–Crippen LogP) is 5.63. The number of aromatic nitrogens is 1. The Morgan fingerprint density at radius 3 is 2.85 bits per heavy atom. The topological polar surface area (TPSA) is 66.9 Å². The van der Waals surface area contributed by atoms with E-state index < -0.39 is 5.63 Å². The number of thiazole rings is 1.